The molecule has 1 saturated heterocycles. The molecule has 1 saturated carbocycles. The van der Waals surface area contributed by atoms with Gasteiger partial charge < -0.3 is 25.2 Å². The van der Waals surface area contributed by atoms with Crippen molar-refractivity contribution in [1.82, 2.24) is 15.5 Å². The number of carbonyl (C=O) groups is 2. The van der Waals surface area contributed by atoms with Crippen LogP contribution in [0.25, 0.3) is 0 Å². The number of allylic oxidation sites excluding steroid dienone is 1. The van der Waals surface area contributed by atoms with Crippen LogP contribution in [0.3, 0.4) is 0 Å². The Kier molecular flexibility index (Phi) is 10.1. The maximum Gasteiger partial charge on any atom is 0.416 e. The standard InChI is InChI=1S/C27H37F3N4O5/c1-17(38-3)23(13-31-18(2)39-4)26(37)10-8-22(9-11-26)34-15-21(16-34)33-24(35)14-32-25(36)19-6-5-7-20(12-19)27(28,29)30/h5-7,12-13,18,21-22,37H,8-11,14-16H2,1-4H3,(H,32,36)(H,33,35)/b23-17-,31-13-/t18?,22-,26-. The summed E-state index contributed by atoms with van der Waals surface area (Å²) in [4.78, 5) is 31.1. The summed E-state index contributed by atoms with van der Waals surface area (Å²) in [7, 11) is 3.12. The molecule has 2 amide bonds. The molecule has 1 aliphatic carbocycles. The van der Waals surface area contributed by atoms with E-state index in [0.717, 1.165) is 31.0 Å². The predicted molar refractivity (Wildman–Crippen MR) is 139 cm³/mol. The van der Waals surface area contributed by atoms with Gasteiger partial charge in [0.15, 0.2) is 0 Å². The molecule has 2 aliphatic rings. The van der Waals surface area contributed by atoms with Crippen LogP contribution in [0, 0.1) is 0 Å². The molecule has 3 rings (SSSR count). The van der Waals surface area contributed by atoms with Crippen LogP contribution in [0.2, 0.25) is 0 Å². The number of likely N-dealkylation sites (tertiary alicyclic amines) is 1. The first kappa shape index (κ1) is 30.6. The summed E-state index contributed by atoms with van der Waals surface area (Å²) in [5, 5.41) is 16.6. The number of methoxy groups -OCH3 is 2. The van der Waals surface area contributed by atoms with Crippen molar-refractivity contribution in [3.05, 3.63) is 46.7 Å². The molecule has 0 aromatic heterocycles. The summed E-state index contributed by atoms with van der Waals surface area (Å²) in [5.41, 5.74) is -1.49. The molecule has 1 heterocycles. The molecule has 2 fully saturated rings. The molecule has 1 aromatic rings. The molecule has 1 aromatic carbocycles. The number of nitrogens with one attached hydrogen (secondary N) is 2. The number of hydrogen-bond donors (Lipinski definition) is 3. The maximum absolute atomic E-state index is 12.9. The molecule has 0 spiro atoms. The van der Waals surface area contributed by atoms with Crippen LogP contribution in [-0.2, 0) is 20.4 Å². The van der Waals surface area contributed by atoms with Crippen molar-refractivity contribution in [2.75, 3.05) is 33.9 Å². The topological polar surface area (TPSA) is 112 Å². The fourth-order valence-electron chi connectivity index (χ4n) is 4.88. The van der Waals surface area contributed by atoms with E-state index in [0.29, 0.717) is 37.3 Å². The zero-order valence-corrected chi connectivity index (χ0v) is 22.7. The second-order valence-electron chi connectivity index (χ2n) is 10.0. The molecule has 12 heteroatoms. The molecule has 1 unspecified atom stereocenters. The summed E-state index contributed by atoms with van der Waals surface area (Å²) in [6.45, 7) is 4.56. The Balaban J connectivity index is 1.43. The van der Waals surface area contributed by atoms with Gasteiger partial charge in [-0.15, -0.1) is 0 Å². The SMILES string of the molecule is CO/C(C)=C(/C=N\C(C)OC)[C@]1(O)CC[C@H](N2CC(NC(=O)CNC(=O)c3cccc(C(F)(F)F)c3)C2)CC1. The van der Waals surface area contributed by atoms with Crippen LogP contribution >= 0.6 is 0 Å². The summed E-state index contributed by atoms with van der Waals surface area (Å²) in [6.07, 6.45) is -0.663. The first-order valence-electron chi connectivity index (χ1n) is 12.9. The fraction of sp³-hybridized carbons (Fsp3) is 0.593. The third kappa shape index (κ3) is 8.02. The highest BCUT2D eigenvalue weighted by molar-refractivity contribution is 5.96. The molecule has 0 bridgehead atoms. The van der Waals surface area contributed by atoms with Gasteiger partial charge in [0.05, 0.1) is 30.9 Å². The predicted octanol–water partition coefficient (Wildman–Crippen LogP) is 2.89. The number of rotatable bonds is 10. The van der Waals surface area contributed by atoms with Gasteiger partial charge >= 0.3 is 6.18 Å². The lowest BCUT2D eigenvalue weighted by Gasteiger charge is -2.48. The summed E-state index contributed by atoms with van der Waals surface area (Å²) < 4.78 is 49.2. The minimum atomic E-state index is -4.56. The van der Waals surface area contributed by atoms with E-state index in [9.17, 15) is 27.9 Å². The van der Waals surface area contributed by atoms with Crippen LogP contribution in [-0.4, -0.2) is 85.8 Å². The van der Waals surface area contributed by atoms with Gasteiger partial charge in [0.25, 0.3) is 5.91 Å². The Morgan fingerprint density at radius 1 is 1.26 bits per heavy atom. The zero-order chi connectivity index (χ0) is 28.8. The monoisotopic (exact) mass is 554 g/mol. The van der Waals surface area contributed by atoms with Gasteiger partial charge in [-0.3, -0.25) is 19.5 Å². The van der Waals surface area contributed by atoms with Crippen molar-refractivity contribution in [3.63, 3.8) is 0 Å². The van der Waals surface area contributed by atoms with Gasteiger partial charge in [-0.25, -0.2) is 0 Å². The second kappa shape index (κ2) is 12.9. The summed E-state index contributed by atoms with van der Waals surface area (Å²) >= 11 is 0. The Morgan fingerprint density at radius 3 is 2.51 bits per heavy atom. The van der Waals surface area contributed by atoms with Crippen LogP contribution in [0.4, 0.5) is 13.2 Å². The minimum absolute atomic E-state index is 0.0855. The highest BCUT2D eigenvalue weighted by atomic mass is 19.4. The van der Waals surface area contributed by atoms with E-state index in [1.54, 1.807) is 34.3 Å². The van der Waals surface area contributed by atoms with Crippen molar-refractivity contribution in [1.29, 1.82) is 0 Å². The van der Waals surface area contributed by atoms with Crippen molar-refractivity contribution in [2.24, 2.45) is 4.99 Å². The van der Waals surface area contributed by atoms with Gasteiger partial charge in [-0.05, 0) is 57.7 Å². The number of amides is 2. The first-order valence-corrected chi connectivity index (χ1v) is 12.9. The van der Waals surface area contributed by atoms with Gasteiger partial charge in [0.2, 0.25) is 5.91 Å². The Bertz CT molecular complexity index is 1080. The van der Waals surface area contributed by atoms with Crippen molar-refractivity contribution in [3.8, 4) is 0 Å². The van der Waals surface area contributed by atoms with Crippen LogP contribution in [0.5, 0.6) is 0 Å². The Morgan fingerprint density at radius 2 is 1.92 bits per heavy atom. The van der Waals surface area contributed by atoms with Gasteiger partial charge in [0.1, 0.15) is 12.0 Å². The van der Waals surface area contributed by atoms with Gasteiger partial charge in [-0.1, -0.05) is 6.07 Å². The summed E-state index contributed by atoms with van der Waals surface area (Å²) in [6, 6.07) is 4.23. The lowest BCUT2D eigenvalue weighted by molar-refractivity contribution is -0.137. The van der Waals surface area contributed by atoms with Crippen molar-refractivity contribution >= 4 is 18.0 Å². The number of alkyl halides is 3. The third-order valence-corrected chi connectivity index (χ3v) is 7.38. The van der Waals surface area contributed by atoms with Crippen LogP contribution in [0.15, 0.2) is 40.6 Å². The number of hydrogen-bond acceptors (Lipinski definition) is 7. The molecule has 9 nitrogen and oxygen atoms in total. The molecule has 39 heavy (non-hydrogen) atoms. The van der Waals surface area contributed by atoms with E-state index in [1.165, 1.54) is 6.07 Å². The van der Waals surface area contributed by atoms with E-state index in [4.69, 9.17) is 9.47 Å². The number of aliphatic imine (C=N–C) groups is 1. The lowest BCUT2D eigenvalue weighted by Crippen LogP contribution is -2.63. The average Bonchev–Trinajstić information content (AvgIpc) is 2.89. The molecule has 216 valence electrons. The van der Waals surface area contributed by atoms with E-state index < -0.39 is 29.2 Å². The van der Waals surface area contributed by atoms with Crippen molar-refractivity contribution in [2.45, 2.75) is 69.6 Å². The fourth-order valence-corrected chi connectivity index (χ4v) is 4.88. The Labute approximate surface area is 226 Å². The number of ether oxygens (including phenoxy) is 2. The van der Waals surface area contributed by atoms with E-state index in [2.05, 4.69) is 20.5 Å². The smallest absolute Gasteiger partial charge is 0.416 e. The largest absolute Gasteiger partial charge is 0.501 e. The molecule has 0 radical (unpaired) electrons. The van der Waals surface area contributed by atoms with Crippen LogP contribution in [0.1, 0.15) is 55.5 Å². The molecular formula is C27H37F3N4O5. The second-order valence-corrected chi connectivity index (χ2v) is 10.0. The summed E-state index contributed by atoms with van der Waals surface area (Å²) in [5.74, 6) is -0.553. The number of carbonyl (C=O) groups excluding carboxylic acids is 2. The number of benzene rings is 1. The molecule has 3 N–H and O–H groups in total. The minimum Gasteiger partial charge on any atom is -0.501 e. The highest BCUT2D eigenvalue weighted by Crippen LogP contribution is 2.38. The molecular weight excluding hydrogens is 517 g/mol. The molecule has 1 atom stereocenters. The normalized spacial score (nSPS) is 24.1. The van der Waals surface area contributed by atoms with E-state index in [-0.39, 0.29) is 30.4 Å². The lowest BCUT2D eigenvalue weighted by atomic mass is 9.76. The maximum atomic E-state index is 12.9. The quantitative estimate of drug-likeness (QED) is 0.303. The van der Waals surface area contributed by atoms with Crippen molar-refractivity contribution < 1.29 is 37.3 Å². The number of nitrogens with zero attached hydrogens (tertiary/aromatic N) is 2. The first-order chi connectivity index (χ1) is 18.4. The van der Waals surface area contributed by atoms with E-state index in [1.807, 2.05) is 0 Å². The van der Waals surface area contributed by atoms with Gasteiger partial charge in [-0.2, -0.15) is 13.2 Å². The average molecular weight is 555 g/mol. The number of halogens is 3. The Hall–Kier alpha value is -2.96. The van der Waals surface area contributed by atoms with E-state index >= 15 is 0 Å². The zero-order valence-electron chi connectivity index (χ0n) is 22.7. The van der Waals surface area contributed by atoms with Gasteiger partial charge in [0, 0.05) is 43.6 Å². The van der Waals surface area contributed by atoms with Crippen LogP contribution < -0.4 is 10.6 Å². The highest BCUT2D eigenvalue weighted by Gasteiger charge is 2.42. The molecule has 1 aliphatic heterocycles. The third-order valence-electron chi connectivity index (χ3n) is 7.38. The number of aliphatic hydroxyl groups is 1.